The zero-order chi connectivity index (χ0) is 14.8. The maximum Gasteiger partial charge on any atom is 0.123 e. The van der Waals surface area contributed by atoms with Crippen LogP contribution in [0.3, 0.4) is 0 Å². The van der Waals surface area contributed by atoms with Gasteiger partial charge >= 0.3 is 0 Å². The van der Waals surface area contributed by atoms with E-state index in [1.54, 1.807) is 14.0 Å². The van der Waals surface area contributed by atoms with Crippen molar-refractivity contribution in [2.45, 2.75) is 39.0 Å². The molecule has 0 spiro atoms. The van der Waals surface area contributed by atoms with E-state index in [1.165, 1.54) is 0 Å². The van der Waals surface area contributed by atoms with Crippen LogP contribution in [0.5, 0.6) is 5.75 Å². The van der Waals surface area contributed by atoms with Crippen molar-refractivity contribution in [3.05, 3.63) is 29.3 Å². The fraction of sp³-hybridized carbons (Fsp3) is 0.625. The van der Waals surface area contributed by atoms with Gasteiger partial charge in [-0.05, 0) is 38.5 Å². The summed E-state index contributed by atoms with van der Waals surface area (Å²) in [6.07, 6.45) is -0.461. The summed E-state index contributed by atoms with van der Waals surface area (Å²) in [6.45, 7) is 9.39. The molecule has 1 aliphatic rings. The molecule has 4 heteroatoms. The van der Waals surface area contributed by atoms with Crippen LogP contribution in [0.2, 0.25) is 0 Å². The quantitative estimate of drug-likeness (QED) is 0.918. The molecule has 1 aromatic rings. The van der Waals surface area contributed by atoms with E-state index in [2.05, 4.69) is 18.7 Å². The van der Waals surface area contributed by atoms with Gasteiger partial charge in [-0.1, -0.05) is 6.07 Å². The molecule has 1 N–H and O–H groups in total. The van der Waals surface area contributed by atoms with Crippen LogP contribution >= 0.6 is 0 Å². The van der Waals surface area contributed by atoms with Crippen LogP contribution in [-0.4, -0.2) is 42.4 Å². The minimum absolute atomic E-state index is 0.0180. The van der Waals surface area contributed by atoms with Gasteiger partial charge in [0, 0.05) is 24.2 Å². The normalized spacial score (nSPS) is 20.6. The standard InChI is InChI=1S/C16H25NO3/c1-12(18)13-5-6-15(19-4)14(9-13)10-17-7-8-20-11-16(17,2)3/h5-6,9,12,18H,7-8,10-11H2,1-4H3. The third-order valence-electron chi connectivity index (χ3n) is 3.96. The van der Waals surface area contributed by atoms with Gasteiger partial charge in [0.1, 0.15) is 5.75 Å². The second-order valence-corrected chi connectivity index (χ2v) is 6.03. The van der Waals surface area contributed by atoms with E-state index in [-0.39, 0.29) is 5.54 Å². The van der Waals surface area contributed by atoms with Crippen molar-refractivity contribution in [1.29, 1.82) is 0 Å². The largest absolute Gasteiger partial charge is 0.496 e. The average Bonchev–Trinajstić information content (AvgIpc) is 2.41. The minimum atomic E-state index is -0.461. The maximum atomic E-state index is 9.75. The zero-order valence-corrected chi connectivity index (χ0v) is 12.8. The summed E-state index contributed by atoms with van der Waals surface area (Å²) in [6, 6.07) is 5.89. The van der Waals surface area contributed by atoms with Gasteiger partial charge in [-0.25, -0.2) is 0 Å². The van der Waals surface area contributed by atoms with Crippen LogP contribution in [0, 0.1) is 0 Å². The zero-order valence-electron chi connectivity index (χ0n) is 12.8. The fourth-order valence-electron chi connectivity index (χ4n) is 2.57. The van der Waals surface area contributed by atoms with E-state index in [0.717, 1.165) is 43.2 Å². The highest BCUT2D eigenvalue weighted by Crippen LogP contribution is 2.28. The van der Waals surface area contributed by atoms with Crippen LogP contribution < -0.4 is 4.74 Å². The molecule has 0 amide bonds. The van der Waals surface area contributed by atoms with Crippen molar-refractivity contribution in [3.63, 3.8) is 0 Å². The van der Waals surface area contributed by atoms with Gasteiger partial charge in [0.05, 0.1) is 26.4 Å². The molecule has 20 heavy (non-hydrogen) atoms. The Hall–Kier alpha value is -1.10. The topological polar surface area (TPSA) is 41.9 Å². The number of nitrogens with zero attached hydrogens (tertiary/aromatic N) is 1. The highest BCUT2D eigenvalue weighted by Gasteiger charge is 2.31. The number of morpholine rings is 1. The number of hydrogen-bond donors (Lipinski definition) is 1. The van der Waals surface area contributed by atoms with Crippen LogP contribution in [-0.2, 0) is 11.3 Å². The predicted octanol–water partition coefficient (Wildman–Crippen LogP) is 2.36. The molecule has 0 saturated carbocycles. The van der Waals surface area contributed by atoms with Gasteiger partial charge in [-0.15, -0.1) is 0 Å². The first-order chi connectivity index (χ1) is 9.44. The number of benzene rings is 1. The molecule has 4 nitrogen and oxygen atoms in total. The van der Waals surface area contributed by atoms with Gasteiger partial charge in [-0.2, -0.15) is 0 Å². The Morgan fingerprint density at radius 1 is 1.45 bits per heavy atom. The molecule has 1 aromatic carbocycles. The molecule has 0 aliphatic carbocycles. The van der Waals surface area contributed by atoms with Gasteiger partial charge in [-0.3, -0.25) is 4.90 Å². The molecule has 0 bridgehead atoms. The predicted molar refractivity (Wildman–Crippen MR) is 78.9 cm³/mol. The van der Waals surface area contributed by atoms with Gasteiger partial charge in [0.2, 0.25) is 0 Å². The average molecular weight is 279 g/mol. The van der Waals surface area contributed by atoms with Crippen molar-refractivity contribution >= 4 is 0 Å². The number of ether oxygens (including phenoxy) is 2. The number of rotatable bonds is 4. The molecule has 112 valence electrons. The molecule has 0 aromatic heterocycles. The first kappa shape index (κ1) is 15.3. The summed E-state index contributed by atoms with van der Waals surface area (Å²) in [5, 5.41) is 9.75. The Labute approximate surface area is 121 Å². The fourth-order valence-corrected chi connectivity index (χ4v) is 2.57. The van der Waals surface area contributed by atoms with E-state index in [1.807, 2.05) is 18.2 Å². The molecule has 1 saturated heterocycles. The number of methoxy groups -OCH3 is 1. The summed E-state index contributed by atoms with van der Waals surface area (Å²) < 4.78 is 11.0. The smallest absolute Gasteiger partial charge is 0.123 e. The minimum Gasteiger partial charge on any atom is -0.496 e. The lowest BCUT2D eigenvalue weighted by molar-refractivity contribution is -0.0555. The summed E-state index contributed by atoms with van der Waals surface area (Å²) >= 11 is 0. The first-order valence-electron chi connectivity index (χ1n) is 7.12. The number of aliphatic hydroxyl groups is 1. The Morgan fingerprint density at radius 2 is 2.20 bits per heavy atom. The van der Waals surface area contributed by atoms with Crippen LogP contribution in [0.4, 0.5) is 0 Å². The molecule has 1 aliphatic heterocycles. The third-order valence-corrected chi connectivity index (χ3v) is 3.96. The monoisotopic (exact) mass is 279 g/mol. The second kappa shape index (κ2) is 6.12. The number of aliphatic hydroxyl groups excluding tert-OH is 1. The Bertz CT molecular complexity index is 457. The van der Waals surface area contributed by atoms with Gasteiger partial charge in [0.25, 0.3) is 0 Å². The van der Waals surface area contributed by atoms with Crippen molar-refractivity contribution in [2.75, 3.05) is 26.9 Å². The van der Waals surface area contributed by atoms with Crippen molar-refractivity contribution in [2.24, 2.45) is 0 Å². The summed E-state index contributed by atoms with van der Waals surface area (Å²) in [4.78, 5) is 2.40. The highest BCUT2D eigenvalue weighted by atomic mass is 16.5. The Balaban J connectivity index is 2.24. The lowest BCUT2D eigenvalue weighted by Gasteiger charge is -2.42. The van der Waals surface area contributed by atoms with Crippen molar-refractivity contribution in [1.82, 2.24) is 4.90 Å². The summed E-state index contributed by atoms with van der Waals surface area (Å²) in [7, 11) is 1.69. The summed E-state index contributed by atoms with van der Waals surface area (Å²) in [5.74, 6) is 0.872. The van der Waals surface area contributed by atoms with E-state index < -0.39 is 6.10 Å². The van der Waals surface area contributed by atoms with Crippen LogP contribution in [0.1, 0.15) is 38.0 Å². The molecule has 0 radical (unpaired) electrons. The molecule has 1 unspecified atom stereocenters. The van der Waals surface area contributed by atoms with E-state index >= 15 is 0 Å². The van der Waals surface area contributed by atoms with E-state index in [4.69, 9.17) is 9.47 Å². The van der Waals surface area contributed by atoms with Crippen molar-refractivity contribution < 1.29 is 14.6 Å². The van der Waals surface area contributed by atoms with Crippen LogP contribution in [0.25, 0.3) is 0 Å². The third kappa shape index (κ3) is 3.32. The Morgan fingerprint density at radius 3 is 2.80 bits per heavy atom. The molecule has 2 rings (SSSR count). The molecular weight excluding hydrogens is 254 g/mol. The molecule has 1 fully saturated rings. The SMILES string of the molecule is COc1ccc(C(C)O)cc1CN1CCOCC1(C)C. The summed E-state index contributed by atoms with van der Waals surface area (Å²) in [5.41, 5.74) is 2.05. The molecular formula is C16H25NO3. The second-order valence-electron chi connectivity index (χ2n) is 6.03. The lowest BCUT2D eigenvalue weighted by Crippen LogP contribution is -2.52. The number of hydrogen-bond acceptors (Lipinski definition) is 4. The first-order valence-corrected chi connectivity index (χ1v) is 7.12. The molecule has 1 atom stereocenters. The van der Waals surface area contributed by atoms with Crippen molar-refractivity contribution in [3.8, 4) is 5.75 Å². The van der Waals surface area contributed by atoms with E-state index in [9.17, 15) is 5.11 Å². The van der Waals surface area contributed by atoms with Gasteiger partial charge < -0.3 is 14.6 Å². The lowest BCUT2D eigenvalue weighted by atomic mass is 9.99. The van der Waals surface area contributed by atoms with E-state index in [0.29, 0.717) is 0 Å². The van der Waals surface area contributed by atoms with Crippen LogP contribution in [0.15, 0.2) is 18.2 Å². The molecule has 1 heterocycles. The highest BCUT2D eigenvalue weighted by molar-refractivity contribution is 5.38. The maximum absolute atomic E-state index is 9.75. The van der Waals surface area contributed by atoms with Gasteiger partial charge in [0.15, 0.2) is 0 Å². The Kier molecular flexibility index (Phi) is 4.68.